The lowest BCUT2D eigenvalue weighted by Crippen LogP contribution is -2.23. The molecule has 0 amide bonds. The highest BCUT2D eigenvalue weighted by molar-refractivity contribution is 9.09. The van der Waals surface area contributed by atoms with Gasteiger partial charge in [-0.15, -0.1) is 12.3 Å². The van der Waals surface area contributed by atoms with E-state index in [0.717, 1.165) is 0 Å². The molecule has 66 heavy (non-hydrogen) atoms. The van der Waals surface area contributed by atoms with Crippen LogP contribution in [-0.2, 0) is 25.7 Å². The van der Waals surface area contributed by atoms with Gasteiger partial charge in [-0.25, -0.2) is 14.3 Å². The molecule has 25 heteroatoms. The number of esters is 2. The Morgan fingerprint density at radius 1 is 0.818 bits per heavy atom. The highest BCUT2D eigenvalue weighted by Gasteiger charge is 2.41. The molecule has 24 nitrogen and oxygen atoms in total. The van der Waals surface area contributed by atoms with Gasteiger partial charge in [-0.05, 0) is 43.6 Å². The Labute approximate surface area is 378 Å². The van der Waals surface area contributed by atoms with Crippen molar-refractivity contribution in [2.45, 2.75) is 46.1 Å². The lowest BCUT2D eigenvalue weighted by Gasteiger charge is -2.12. The molecule has 5 heterocycles. The minimum absolute atomic E-state index is 0.00322. The zero-order chi connectivity index (χ0) is 48.7. The Hall–Kier alpha value is -8.62. The molecule has 0 unspecified atom stereocenters. The molecule has 0 bridgehead atoms. The van der Waals surface area contributed by atoms with Gasteiger partial charge in [0.2, 0.25) is 23.1 Å². The highest BCUT2D eigenvalue weighted by Crippen LogP contribution is 2.34. The number of carboxylic acid groups (broad SMARTS) is 3. The van der Waals surface area contributed by atoms with Gasteiger partial charge in [0, 0.05) is 35.6 Å². The van der Waals surface area contributed by atoms with Crippen molar-refractivity contribution in [1.82, 2.24) is 25.0 Å². The van der Waals surface area contributed by atoms with E-state index in [-0.39, 0.29) is 119 Å². The predicted octanol–water partition coefficient (Wildman–Crippen LogP) is 4.61. The van der Waals surface area contributed by atoms with E-state index < -0.39 is 53.0 Å². The van der Waals surface area contributed by atoms with Crippen molar-refractivity contribution in [2.75, 3.05) is 18.5 Å². The molecule has 0 atom stereocenters. The van der Waals surface area contributed by atoms with E-state index in [2.05, 4.69) is 52.2 Å². The van der Waals surface area contributed by atoms with Gasteiger partial charge >= 0.3 is 29.8 Å². The van der Waals surface area contributed by atoms with E-state index in [4.69, 9.17) is 45.6 Å². The summed E-state index contributed by atoms with van der Waals surface area (Å²) in [7, 11) is 0. The number of fused-ring (bicyclic) bond motifs is 4. The number of ether oxygens (including phenoxy) is 2. The van der Waals surface area contributed by atoms with Crippen LogP contribution in [-0.4, -0.2) is 112 Å². The van der Waals surface area contributed by atoms with E-state index in [1.165, 1.54) is 55.3 Å². The van der Waals surface area contributed by atoms with Crippen LogP contribution in [0.4, 0.5) is 0 Å². The van der Waals surface area contributed by atoms with Gasteiger partial charge in [0.15, 0.2) is 11.5 Å². The monoisotopic (exact) mass is 972 g/mol. The first-order chi connectivity index (χ1) is 31.5. The molecule has 0 fully saturated rings. The number of carbonyl (C=O) groups is 9. The van der Waals surface area contributed by atoms with Crippen LogP contribution in [0.1, 0.15) is 122 Å². The summed E-state index contributed by atoms with van der Waals surface area (Å²) in [5, 5.41) is 35.4. The number of hydrogen-bond donors (Lipinski definition) is 3. The lowest BCUT2D eigenvalue weighted by atomic mass is 9.90. The number of carboxylic acids is 3. The van der Waals surface area contributed by atoms with Crippen LogP contribution in [0.5, 0.6) is 5.88 Å². The zero-order valence-corrected chi connectivity index (χ0v) is 36.0. The number of pyridine rings is 2. The second-order valence-electron chi connectivity index (χ2n) is 13.0. The molecule has 340 valence electrons. The largest absolute Gasteiger partial charge is 0.481 e. The van der Waals surface area contributed by atoms with Crippen LogP contribution in [0.3, 0.4) is 0 Å². The number of carbonyl (C=O) groups excluding carboxylic acids is 6. The second kappa shape index (κ2) is 23.2. The number of nitrogens with zero attached hydrogens (tertiary/aromatic N) is 8. The first kappa shape index (κ1) is 50.0. The van der Waals surface area contributed by atoms with Crippen molar-refractivity contribution in [3.05, 3.63) is 121 Å². The Morgan fingerprint density at radius 2 is 1.33 bits per heavy atom. The summed E-state index contributed by atoms with van der Waals surface area (Å²) in [6.07, 6.45) is 9.30. The van der Waals surface area contributed by atoms with E-state index in [1.54, 1.807) is 6.07 Å². The lowest BCUT2D eigenvalue weighted by molar-refractivity contribution is -0.138. The molecular weight excluding hydrogens is 940 g/mol. The number of furan rings is 2. The van der Waals surface area contributed by atoms with Crippen LogP contribution in [0, 0.1) is 26.2 Å². The maximum Gasteiger partial charge on any atom is 0.349 e. The van der Waals surface area contributed by atoms with E-state index in [9.17, 15) is 43.2 Å². The maximum atomic E-state index is 12.8. The smallest absolute Gasteiger partial charge is 0.349 e. The summed E-state index contributed by atoms with van der Waals surface area (Å²) < 4.78 is 22.1. The normalized spacial score (nSPS) is 11.4. The van der Waals surface area contributed by atoms with E-state index in [0.29, 0.717) is 5.33 Å². The summed E-state index contributed by atoms with van der Waals surface area (Å²) in [6.45, 7) is 3.01. The molecule has 0 spiro atoms. The van der Waals surface area contributed by atoms with Crippen LogP contribution in [0.25, 0.3) is 10.4 Å². The molecule has 0 aliphatic heterocycles. The number of terminal acetylenes is 1. The molecule has 0 aromatic carbocycles. The summed E-state index contributed by atoms with van der Waals surface area (Å²) in [4.78, 5) is 115. The first-order valence-corrected chi connectivity index (χ1v) is 19.9. The van der Waals surface area contributed by atoms with Crippen molar-refractivity contribution in [3.63, 3.8) is 0 Å². The fourth-order valence-electron chi connectivity index (χ4n) is 5.69. The average molecular weight is 974 g/mol. The SMILES string of the molecule is C#CCCOC(=O)c1c(C)oc2c1C(=O)c1ncccc1C2=O.Cc1oc2c(c1C(=O)Oc1cn(CCC(=O)O)nn1)C(=O)c1ncccc1C2=O.O=C(O)CCBr.[N-]=[N+]=NCCC(=O)O. The summed E-state index contributed by atoms with van der Waals surface area (Å²) in [5.74, 6) is -4.68. The number of alkyl halides is 1. The summed E-state index contributed by atoms with van der Waals surface area (Å²) in [6, 6.07) is 6.03. The quantitative estimate of drug-likeness (QED) is 0.0270. The topological polar surface area (TPSA) is 364 Å². The molecule has 0 saturated carbocycles. The number of rotatable bonds is 13. The Balaban J connectivity index is 0.000000228. The molecular formula is C41H33BrN8O16. The van der Waals surface area contributed by atoms with Gasteiger partial charge in [-0.1, -0.05) is 31.4 Å². The van der Waals surface area contributed by atoms with E-state index >= 15 is 0 Å². The third-order valence-electron chi connectivity index (χ3n) is 8.52. The van der Waals surface area contributed by atoms with Crippen molar-refractivity contribution in [1.29, 1.82) is 0 Å². The minimum Gasteiger partial charge on any atom is -0.481 e. The van der Waals surface area contributed by atoms with Gasteiger partial charge in [0.25, 0.3) is 5.88 Å². The van der Waals surface area contributed by atoms with Crippen LogP contribution >= 0.6 is 15.9 Å². The summed E-state index contributed by atoms with van der Waals surface area (Å²) >= 11 is 2.97. The fraction of sp³-hybridized carbons (Fsp3) is 0.244. The molecule has 0 saturated heterocycles. The zero-order valence-electron chi connectivity index (χ0n) is 34.4. The first-order valence-electron chi connectivity index (χ1n) is 18.8. The van der Waals surface area contributed by atoms with Crippen LogP contribution < -0.4 is 4.74 Å². The fourth-order valence-corrected chi connectivity index (χ4v) is 6.03. The third-order valence-corrected chi connectivity index (χ3v) is 8.92. The Morgan fingerprint density at radius 3 is 1.79 bits per heavy atom. The molecule has 5 aromatic heterocycles. The van der Waals surface area contributed by atoms with Gasteiger partial charge in [0.1, 0.15) is 40.6 Å². The van der Waals surface area contributed by atoms with Gasteiger partial charge in [-0.3, -0.25) is 43.5 Å². The standard InChI is InChI=1S/C18H12N4O7.C17H11NO5.C3H5BrO2.C3H5N3O2/c1-8-12(18(27)29-10-7-22(21-20-10)6-4-11(23)24)13-16(26)14-9(3-2-5-19-14)15(25)17(13)28-8;1-3-4-8-22-17(21)11-9(2)23-16-12(11)15(20)13-10(14(16)19)6-5-7-18-13;4-2-1-3(5)6;4-6-5-2-1-3(7)8/h2-3,5,7H,4,6H2,1H3,(H,23,24);1,5-7H,4,8H2,2H3;1-2H2,(H,5,6);1-2H2,(H,7,8). The second-order valence-corrected chi connectivity index (χ2v) is 13.8. The van der Waals surface area contributed by atoms with Crippen LogP contribution in [0.15, 0.2) is 56.8 Å². The van der Waals surface area contributed by atoms with Gasteiger partial charge in [-0.2, -0.15) is 0 Å². The average Bonchev–Trinajstić information content (AvgIpc) is 3.99. The number of ketones is 4. The number of aliphatic carboxylic acids is 3. The van der Waals surface area contributed by atoms with Gasteiger partial charge in [0.05, 0.1) is 54.3 Å². The molecule has 2 aliphatic carbocycles. The van der Waals surface area contributed by atoms with Crippen molar-refractivity contribution < 1.29 is 76.8 Å². The van der Waals surface area contributed by atoms with Crippen LogP contribution in [0.2, 0.25) is 0 Å². The predicted molar refractivity (Wildman–Crippen MR) is 222 cm³/mol. The molecule has 7 rings (SSSR count). The molecule has 2 aliphatic rings. The molecule has 0 radical (unpaired) electrons. The van der Waals surface area contributed by atoms with Crippen molar-refractivity contribution in [2.24, 2.45) is 5.11 Å². The number of halogens is 1. The highest BCUT2D eigenvalue weighted by atomic mass is 79.9. The van der Waals surface area contributed by atoms with Gasteiger partial charge < -0.3 is 33.6 Å². The number of aromatic nitrogens is 5. The van der Waals surface area contributed by atoms with Crippen molar-refractivity contribution in [3.8, 4) is 18.2 Å². The van der Waals surface area contributed by atoms with Crippen molar-refractivity contribution >= 4 is 68.9 Å². The Kier molecular flexibility index (Phi) is 17.6. The minimum atomic E-state index is -1.02. The maximum absolute atomic E-state index is 12.8. The Bertz CT molecular complexity index is 2840. The van der Waals surface area contributed by atoms with E-state index in [1.807, 2.05) is 0 Å². The number of aryl methyl sites for hydroxylation is 3. The number of azide groups is 1. The third kappa shape index (κ3) is 12.1. The number of hydrogen-bond acceptors (Lipinski definition) is 18. The molecule has 5 aromatic rings. The molecule has 3 N–H and O–H groups in total. The summed E-state index contributed by atoms with van der Waals surface area (Å²) in [5.41, 5.74) is 7.29.